The Labute approximate surface area is 196 Å². The van der Waals surface area contributed by atoms with E-state index in [2.05, 4.69) is 6.92 Å². The van der Waals surface area contributed by atoms with E-state index in [1.54, 1.807) is 6.07 Å². The van der Waals surface area contributed by atoms with Gasteiger partial charge in [0.25, 0.3) is 10.1 Å². The minimum atomic E-state index is -4.42. The van der Waals surface area contributed by atoms with Crippen molar-refractivity contribution in [1.82, 2.24) is 0 Å². The second-order valence-electron chi connectivity index (χ2n) is 7.02. The zero-order valence-corrected chi connectivity index (χ0v) is 20.2. The van der Waals surface area contributed by atoms with Crippen LogP contribution in [-0.2, 0) is 16.5 Å². The molecule has 0 aliphatic heterocycles. The van der Waals surface area contributed by atoms with E-state index in [1.807, 2.05) is 6.07 Å². The Kier molecular flexibility index (Phi) is 11.9. The molecule has 0 saturated heterocycles. The Balaban J connectivity index is 0.00000420. The van der Waals surface area contributed by atoms with Crippen molar-refractivity contribution in [3.63, 3.8) is 0 Å². The second-order valence-corrected chi connectivity index (χ2v) is 8.41. The maximum atomic E-state index is 11.8. The summed E-state index contributed by atoms with van der Waals surface area (Å²) in [6.07, 6.45) is 10.1. The number of aryl methyl sites for hydroxylation is 1. The molecule has 2 aromatic rings. The van der Waals surface area contributed by atoms with Crippen molar-refractivity contribution in [2.75, 3.05) is 0 Å². The molecule has 154 valence electrons. The first kappa shape index (κ1) is 26.0. The van der Waals surface area contributed by atoms with E-state index in [0.717, 1.165) is 24.8 Å². The summed E-state index contributed by atoms with van der Waals surface area (Å²) in [5, 5.41) is 11.3. The van der Waals surface area contributed by atoms with Crippen LogP contribution in [0.5, 0.6) is 17.2 Å². The summed E-state index contributed by atoms with van der Waals surface area (Å²) in [4.78, 5) is -0.254. The average Bonchev–Trinajstić information content (AvgIpc) is 2.66. The number of hydrogen-bond donors (Lipinski definition) is 1. The molecule has 7 heteroatoms. The molecule has 0 saturated carbocycles. The normalized spacial score (nSPS) is 11.1. The fourth-order valence-electron chi connectivity index (χ4n) is 3.15. The molecule has 0 aliphatic rings. The van der Waals surface area contributed by atoms with Gasteiger partial charge in [-0.3, -0.25) is 4.55 Å². The molecule has 0 amide bonds. The number of ether oxygens (including phenoxy) is 1. The maximum Gasteiger partial charge on any atom is 1.00 e. The molecule has 5 nitrogen and oxygen atoms in total. The van der Waals surface area contributed by atoms with E-state index >= 15 is 0 Å². The number of hydrogen-bond acceptors (Lipinski definition) is 4. The van der Waals surface area contributed by atoms with Gasteiger partial charge in [0.15, 0.2) is 5.75 Å². The van der Waals surface area contributed by atoms with Gasteiger partial charge in [0, 0.05) is 0 Å². The smallest absolute Gasteiger partial charge is 0.872 e. The Morgan fingerprint density at radius 1 is 0.897 bits per heavy atom. The van der Waals surface area contributed by atoms with Crippen LogP contribution in [0.15, 0.2) is 47.4 Å². The number of unbranched alkanes of at least 4 members (excludes halogenated alkanes) is 7. The van der Waals surface area contributed by atoms with Crippen molar-refractivity contribution < 1.29 is 52.4 Å². The molecule has 29 heavy (non-hydrogen) atoms. The van der Waals surface area contributed by atoms with Gasteiger partial charge in [-0.15, -0.1) is 5.75 Å². The fourth-order valence-corrected chi connectivity index (χ4v) is 3.81. The van der Waals surface area contributed by atoms with Gasteiger partial charge < -0.3 is 9.84 Å². The Morgan fingerprint density at radius 3 is 2.07 bits per heavy atom. The van der Waals surface area contributed by atoms with Crippen LogP contribution in [0.2, 0.25) is 0 Å². The Bertz CT molecular complexity index is 835. The summed E-state index contributed by atoms with van der Waals surface area (Å²) in [6.45, 7) is 2.20. The third kappa shape index (κ3) is 9.09. The predicted octanol–water partition coefficient (Wildman–Crippen LogP) is 2.49. The van der Waals surface area contributed by atoms with E-state index < -0.39 is 10.1 Å². The SMILES string of the molecule is CCCCCCCCCCc1cccc(S(=O)(=O)O)c1Oc1ccc([O-])cc1.[Na+]. The molecule has 0 unspecified atom stereocenters. The third-order valence-corrected chi connectivity index (χ3v) is 5.56. The molecular weight excluding hydrogens is 399 g/mol. The summed E-state index contributed by atoms with van der Waals surface area (Å²) in [5.41, 5.74) is 0.729. The molecule has 0 atom stereocenters. The van der Waals surface area contributed by atoms with Crippen molar-refractivity contribution in [3.05, 3.63) is 48.0 Å². The molecule has 0 heterocycles. The monoisotopic (exact) mass is 428 g/mol. The number of para-hydroxylation sites is 1. The standard InChI is InChI=1S/C22H30O5S.Na/c1-2-3-4-5-6-7-8-9-11-18-12-10-13-21(28(24,25)26)22(18)27-20-16-14-19(23)15-17-20;/h10,12-17,23H,2-9,11H2,1H3,(H,24,25,26);/q;+1/p-1. The number of rotatable bonds is 12. The van der Waals surface area contributed by atoms with Crippen LogP contribution in [0.1, 0.15) is 63.9 Å². The summed E-state index contributed by atoms with van der Waals surface area (Å²) < 4.78 is 38.9. The summed E-state index contributed by atoms with van der Waals surface area (Å²) >= 11 is 0. The van der Waals surface area contributed by atoms with Crippen LogP contribution in [-0.4, -0.2) is 13.0 Å². The zero-order chi connectivity index (χ0) is 20.4. The van der Waals surface area contributed by atoms with Gasteiger partial charge in [-0.1, -0.05) is 76.1 Å². The molecule has 0 spiro atoms. The van der Waals surface area contributed by atoms with E-state index in [9.17, 15) is 18.1 Å². The average molecular weight is 429 g/mol. The first-order chi connectivity index (χ1) is 13.4. The minimum absolute atomic E-state index is 0. The third-order valence-electron chi connectivity index (χ3n) is 4.68. The molecule has 0 bridgehead atoms. The molecule has 2 rings (SSSR count). The molecule has 2 aromatic carbocycles. The molecule has 0 radical (unpaired) electrons. The van der Waals surface area contributed by atoms with Crippen molar-refractivity contribution in [1.29, 1.82) is 0 Å². The predicted molar refractivity (Wildman–Crippen MR) is 109 cm³/mol. The molecule has 0 aromatic heterocycles. The van der Waals surface area contributed by atoms with Gasteiger partial charge >= 0.3 is 29.6 Å². The van der Waals surface area contributed by atoms with Crippen LogP contribution < -0.4 is 39.4 Å². The van der Waals surface area contributed by atoms with E-state index in [0.29, 0.717) is 12.2 Å². The molecule has 1 N–H and O–H groups in total. The molecular formula is C22H29NaO5S. The van der Waals surface area contributed by atoms with Crippen LogP contribution in [0, 0.1) is 0 Å². The van der Waals surface area contributed by atoms with E-state index in [4.69, 9.17) is 4.74 Å². The maximum absolute atomic E-state index is 11.8. The summed E-state index contributed by atoms with van der Waals surface area (Å²) in [5.74, 6) is 0.328. The minimum Gasteiger partial charge on any atom is -0.872 e. The van der Waals surface area contributed by atoms with Gasteiger partial charge in [0.2, 0.25) is 0 Å². The van der Waals surface area contributed by atoms with Crippen molar-refractivity contribution in [2.45, 2.75) is 69.6 Å². The van der Waals surface area contributed by atoms with Gasteiger partial charge in [-0.2, -0.15) is 8.42 Å². The van der Waals surface area contributed by atoms with Crippen LogP contribution in [0.4, 0.5) is 0 Å². The Hall–Kier alpha value is -1.05. The molecule has 0 fully saturated rings. The van der Waals surface area contributed by atoms with Crippen molar-refractivity contribution in [2.24, 2.45) is 0 Å². The van der Waals surface area contributed by atoms with Crippen LogP contribution in [0.3, 0.4) is 0 Å². The van der Waals surface area contributed by atoms with Gasteiger partial charge in [0.05, 0.1) is 0 Å². The quantitative estimate of drug-likeness (QED) is 0.319. The van der Waals surface area contributed by atoms with E-state index in [1.165, 1.54) is 62.4 Å². The first-order valence-corrected chi connectivity index (χ1v) is 11.4. The van der Waals surface area contributed by atoms with Gasteiger partial charge in [0.1, 0.15) is 10.6 Å². The summed E-state index contributed by atoms with van der Waals surface area (Å²) in [7, 11) is -4.42. The van der Waals surface area contributed by atoms with Crippen molar-refractivity contribution >= 4 is 10.1 Å². The topological polar surface area (TPSA) is 86.7 Å². The Morgan fingerprint density at radius 2 is 1.48 bits per heavy atom. The largest absolute Gasteiger partial charge is 1.00 e. The van der Waals surface area contributed by atoms with Gasteiger partial charge in [-0.25, -0.2) is 0 Å². The first-order valence-electron chi connectivity index (χ1n) is 9.96. The van der Waals surface area contributed by atoms with E-state index in [-0.39, 0.29) is 46.0 Å². The zero-order valence-electron chi connectivity index (χ0n) is 17.4. The van der Waals surface area contributed by atoms with Crippen molar-refractivity contribution in [3.8, 4) is 17.2 Å². The summed E-state index contributed by atoms with van der Waals surface area (Å²) in [6, 6.07) is 10.4. The fraction of sp³-hybridized carbons (Fsp3) is 0.455. The van der Waals surface area contributed by atoms with Gasteiger partial charge in [-0.05, 0) is 36.6 Å². The number of benzene rings is 2. The molecule has 0 aliphatic carbocycles. The second kappa shape index (κ2) is 13.3. The van der Waals surface area contributed by atoms with Crippen LogP contribution in [0.25, 0.3) is 0 Å². The van der Waals surface area contributed by atoms with Crippen LogP contribution >= 0.6 is 0 Å².